The number of carbonyl (C=O) groups excluding carboxylic acids is 1. The first-order valence-corrected chi connectivity index (χ1v) is 4.26. The second-order valence-electron chi connectivity index (χ2n) is 3.53. The molecule has 0 bridgehead atoms. The topological polar surface area (TPSA) is 20.3 Å². The lowest BCUT2D eigenvalue weighted by Crippen LogP contribution is -2.36. The molecule has 11 heavy (non-hydrogen) atoms. The van der Waals surface area contributed by atoms with Gasteiger partial charge < -0.3 is 4.90 Å². The predicted octanol–water partition coefficient (Wildman–Crippen LogP) is 1.68. The van der Waals surface area contributed by atoms with Crippen molar-refractivity contribution in [2.75, 3.05) is 0 Å². The van der Waals surface area contributed by atoms with Crippen molar-refractivity contribution < 1.29 is 4.79 Å². The maximum Gasteiger partial charge on any atom is 0.226 e. The Morgan fingerprint density at radius 1 is 1.64 bits per heavy atom. The second kappa shape index (κ2) is 2.36. The van der Waals surface area contributed by atoms with Crippen molar-refractivity contribution in [1.29, 1.82) is 0 Å². The lowest BCUT2D eigenvalue weighted by Gasteiger charge is -2.28. The Hall–Kier alpha value is -0.790. The van der Waals surface area contributed by atoms with Crippen molar-refractivity contribution in [1.82, 2.24) is 4.90 Å². The lowest BCUT2D eigenvalue weighted by molar-refractivity contribution is -0.132. The van der Waals surface area contributed by atoms with Crippen LogP contribution in [0.15, 0.2) is 11.8 Å². The first-order chi connectivity index (χ1) is 5.27. The van der Waals surface area contributed by atoms with Gasteiger partial charge in [-0.15, -0.1) is 0 Å². The minimum atomic E-state index is 0.318. The fourth-order valence-corrected chi connectivity index (χ4v) is 2.00. The van der Waals surface area contributed by atoms with Gasteiger partial charge in [0.25, 0.3) is 0 Å². The van der Waals surface area contributed by atoms with Gasteiger partial charge in [-0.05, 0) is 26.2 Å². The van der Waals surface area contributed by atoms with E-state index in [2.05, 4.69) is 6.92 Å². The highest BCUT2D eigenvalue weighted by Gasteiger charge is 2.30. The van der Waals surface area contributed by atoms with Crippen LogP contribution in [0.25, 0.3) is 0 Å². The minimum absolute atomic E-state index is 0.318. The molecule has 0 saturated carbocycles. The van der Waals surface area contributed by atoms with Gasteiger partial charge in [0.2, 0.25) is 5.91 Å². The highest BCUT2D eigenvalue weighted by molar-refractivity contribution is 5.79. The molecule has 0 N–H and O–H groups in total. The van der Waals surface area contributed by atoms with Crippen molar-refractivity contribution in [2.24, 2.45) is 0 Å². The molecule has 1 fully saturated rings. The van der Waals surface area contributed by atoms with E-state index < -0.39 is 0 Å². The molecule has 0 aromatic rings. The molecule has 2 heteroatoms. The number of amides is 1. The maximum absolute atomic E-state index is 11.3. The van der Waals surface area contributed by atoms with Crippen LogP contribution >= 0.6 is 0 Å². The van der Waals surface area contributed by atoms with Crippen molar-refractivity contribution in [3.05, 3.63) is 11.8 Å². The summed E-state index contributed by atoms with van der Waals surface area (Å²) in [6.07, 6.45) is 6.15. The molecule has 0 spiro atoms. The SMILES string of the molecule is CC1=CN2C(=O)CCCC2C1. The summed E-state index contributed by atoms with van der Waals surface area (Å²) >= 11 is 0. The third kappa shape index (κ3) is 1.06. The molecule has 1 saturated heterocycles. The fourth-order valence-electron chi connectivity index (χ4n) is 2.00. The van der Waals surface area contributed by atoms with Gasteiger partial charge in [0.05, 0.1) is 0 Å². The molecule has 2 aliphatic rings. The molecule has 1 unspecified atom stereocenters. The Labute approximate surface area is 66.9 Å². The predicted molar refractivity (Wildman–Crippen MR) is 42.9 cm³/mol. The molecule has 60 valence electrons. The van der Waals surface area contributed by atoms with Crippen molar-refractivity contribution in [3.63, 3.8) is 0 Å². The zero-order chi connectivity index (χ0) is 7.84. The number of carbonyl (C=O) groups is 1. The quantitative estimate of drug-likeness (QED) is 0.515. The van der Waals surface area contributed by atoms with Crippen molar-refractivity contribution in [2.45, 2.75) is 38.6 Å². The van der Waals surface area contributed by atoms with Gasteiger partial charge in [-0.2, -0.15) is 0 Å². The molecule has 2 aliphatic heterocycles. The summed E-state index contributed by atoms with van der Waals surface area (Å²) in [7, 11) is 0. The summed E-state index contributed by atoms with van der Waals surface area (Å²) in [4.78, 5) is 13.2. The molecule has 1 amide bonds. The van der Waals surface area contributed by atoms with E-state index in [1.165, 1.54) is 12.0 Å². The molecular weight excluding hydrogens is 138 g/mol. The standard InChI is InChI=1S/C9H13NO/c1-7-5-8-3-2-4-9(11)10(8)6-7/h6,8H,2-5H2,1H3. The van der Waals surface area contributed by atoms with Crippen LogP contribution in [0.2, 0.25) is 0 Å². The normalized spacial score (nSPS) is 30.3. The van der Waals surface area contributed by atoms with Crippen LogP contribution in [0.5, 0.6) is 0 Å². The molecular formula is C9H13NO. The van der Waals surface area contributed by atoms with Crippen molar-refractivity contribution in [3.8, 4) is 0 Å². The van der Waals surface area contributed by atoms with Gasteiger partial charge in [0.15, 0.2) is 0 Å². The molecule has 2 heterocycles. The Kier molecular flexibility index (Phi) is 1.48. The van der Waals surface area contributed by atoms with Crippen LogP contribution in [-0.4, -0.2) is 16.8 Å². The summed E-state index contributed by atoms with van der Waals surface area (Å²) < 4.78 is 0. The van der Waals surface area contributed by atoms with Gasteiger partial charge in [0.1, 0.15) is 0 Å². The highest BCUT2D eigenvalue weighted by atomic mass is 16.2. The number of fused-ring (bicyclic) bond motifs is 1. The minimum Gasteiger partial charge on any atom is -0.316 e. The number of hydrogen-bond acceptors (Lipinski definition) is 1. The lowest BCUT2D eigenvalue weighted by atomic mass is 10.0. The molecule has 2 rings (SSSR count). The van der Waals surface area contributed by atoms with E-state index in [-0.39, 0.29) is 0 Å². The molecule has 0 radical (unpaired) electrons. The van der Waals surface area contributed by atoms with E-state index in [0.29, 0.717) is 11.9 Å². The van der Waals surface area contributed by atoms with E-state index in [9.17, 15) is 4.79 Å². The summed E-state index contributed by atoms with van der Waals surface area (Å²) in [6, 6.07) is 0.510. The second-order valence-corrected chi connectivity index (χ2v) is 3.53. The zero-order valence-corrected chi connectivity index (χ0v) is 6.84. The van der Waals surface area contributed by atoms with Crippen LogP contribution in [0.4, 0.5) is 0 Å². The van der Waals surface area contributed by atoms with Gasteiger partial charge in [-0.1, -0.05) is 5.57 Å². The largest absolute Gasteiger partial charge is 0.316 e. The van der Waals surface area contributed by atoms with Gasteiger partial charge in [-0.25, -0.2) is 0 Å². The van der Waals surface area contributed by atoms with Crippen molar-refractivity contribution >= 4 is 5.91 Å². The van der Waals surface area contributed by atoms with E-state index in [0.717, 1.165) is 19.3 Å². The van der Waals surface area contributed by atoms with Crippen LogP contribution in [0, 0.1) is 0 Å². The Morgan fingerprint density at radius 2 is 2.45 bits per heavy atom. The Bertz CT molecular complexity index is 220. The van der Waals surface area contributed by atoms with Gasteiger partial charge in [-0.3, -0.25) is 4.79 Å². The molecule has 1 atom stereocenters. The number of hydrogen-bond donors (Lipinski definition) is 0. The monoisotopic (exact) mass is 151 g/mol. The summed E-state index contributed by atoms with van der Waals surface area (Å²) in [5, 5.41) is 0. The molecule has 2 nitrogen and oxygen atoms in total. The summed E-state index contributed by atoms with van der Waals surface area (Å²) in [5.74, 6) is 0.318. The van der Waals surface area contributed by atoms with Crippen LogP contribution < -0.4 is 0 Å². The van der Waals surface area contributed by atoms with E-state index in [1.54, 1.807) is 0 Å². The molecule has 0 aromatic heterocycles. The highest BCUT2D eigenvalue weighted by Crippen LogP contribution is 2.29. The Morgan fingerprint density at radius 3 is 3.18 bits per heavy atom. The Balaban J connectivity index is 2.18. The van der Waals surface area contributed by atoms with Gasteiger partial charge in [0, 0.05) is 18.7 Å². The summed E-state index contributed by atoms with van der Waals surface area (Å²) in [5.41, 5.74) is 1.35. The average molecular weight is 151 g/mol. The fraction of sp³-hybridized carbons (Fsp3) is 0.667. The third-order valence-corrected chi connectivity index (χ3v) is 2.53. The third-order valence-electron chi connectivity index (χ3n) is 2.53. The van der Waals surface area contributed by atoms with Crippen LogP contribution in [-0.2, 0) is 4.79 Å². The summed E-state index contributed by atoms with van der Waals surface area (Å²) in [6.45, 7) is 2.10. The first kappa shape index (κ1) is 6.89. The van der Waals surface area contributed by atoms with E-state index >= 15 is 0 Å². The van der Waals surface area contributed by atoms with E-state index in [1.807, 2.05) is 11.1 Å². The smallest absolute Gasteiger partial charge is 0.226 e. The zero-order valence-electron chi connectivity index (χ0n) is 6.84. The van der Waals surface area contributed by atoms with E-state index in [4.69, 9.17) is 0 Å². The molecule has 0 aliphatic carbocycles. The number of rotatable bonds is 0. The first-order valence-electron chi connectivity index (χ1n) is 4.26. The average Bonchev–Trinajstić information content (AvgIpc) is 2.31. The number of piperidine rings is 1. The number of nitrogens with zero attached hydrogens (tertiary/aromatic N) is 1. The van der Waals surface area contributed by atoms with Gasteiger partial charge >= 0.3 is 0 Å². The maximum atomic E-state index is 11.3. The van der Waals surface area contributed by atoms with Crippen LogP contribution in [0.1, 0.15) is 32.6 Å². The molecule has 0 aromatic carbocycles. The van der Waals surface area contributed by atoms with Crippen LogP contribution in [0.3, 0.4) is 0 Å².